The van der Waals surface area contributed by atoms with Gasteiger partial charge in [0.2, 0.25) is 0 Å². The highest BCUT2D eigenvalue weighted by Crippen LogP contribution is 2.35. The lowest BCUT2D eigenvalue weighted by Crippen LogP contribution is -2.83. The summed E-state index contributed by atoms with van der Waals surface area (Å²) < 4.78 is 10.6. The van der Waals surface area contributed by atoms with Gasteiger partial charge in [-0.3, -0.25) is 0 Å². The van der Waals surface area contributed by atoms with Gasteiger partial charge in [0.1, 0.15) is 12.6 Å². The van der Waals surface area contributed by atoms with Crippen LogP contribution >= 0.6 is 11.6 Å². The molecule has 0 amide bonds. The summed E-state index contributed by atoms with van der Waals surface area (Å²) in [5.74, 6) is 1.25. The molecule has 21 heavy (non-hydrogen) atoms. The molecular formula is C17H21ClNO2+. The Morgan fingerprint density at radius 2 is 1.81 bits per heavy atom. The number of nitrogens with two attached hydrogens (primary N) is 1. The van der Waals surface area contributed by atoms with Gasteiger partial charge in [0, 0.05) is 11.1 Å². The molecular weight excluding hydrogens is 286 g/mol. The lowest BCUT2D eigenvalue weighted by atomic mass is 10.1. The molecule has 2 aromatic carbocycles. The zero-order valence-electron chi connectivity index (χ0n) is 12.6. The van der Waals surface area contributed by atoms with Crippen molar-refractivity contribution in [2.24, 2.45) is 0 Å². The Morgan fingerprint density at radius 3 is 2.43 bits per heavy atom. The van der Waals surface area contributed by atoms with Gasteiger partial charge < -0.3 is 14.8 Å². The molecule has 0 aliphatic rings. The smallest absolute Gasteiger partial charge is 0.179 e. The van der Waals surface area contributed by atoms with Gasteiger partial charge in [-0.2, -0.15) is 0 Å². The second-order valence-corrected chi connectivity index (χ2v) is 5.36. The van der Waals surface area contributed by atoms with Crippen molar-refractivity contribution >= 4 is 11.6 Å². The molecule has 0 bridgehead atoms. The Kier molecular flexibility index (Phi) is 5.48. The second-order valence-electron chi connectivity index (χ2n) is 4.95. The Balaban J connectivity index is 2.08. The summed E-state index contributed by atoms with van der Waals surface area (Å²) in [5, 5.41) is 2.85. The summed E-state index contributed by atoms with van der Waals surface area (Å²) in [4.78, 5) is 0. The molecule has 0 aliphatic carbocycles. The van der Waals surface area contributed by atoms with Gasteiger partial charge in [-0.25, -0.2) is 0 Å². The number of hydrogen-bond acceptors (Lipinski definition) is 2. The monoisotopic (exact) mass is 306 g/mol. The highest BCUT2D eigenvalue weighted by molar-refractivity contribution is 6.32. The highest BCUT2D eigenvalue weighted by Gasteiger charge is 2.13. The largest absolute Gasteiger partial charge is 0.493 e. The minimum atomic E-state index is 0.387. The van der Waals surface area contributed by atoms with Crippen LogP contribution in [0.4, 0.5) is 0 Å². The molecule has 0 radical (unpaired) electrons. The van der Waals surface area contributed by atoms with Gasteiger partial charge in [-0.1, -0.05) is 41.9 Å². The Labute approximate surface area is 130 Å². The van der Waals surface area contributed by atoms with E-state index in [1.807, 2.05) is 18.2 Å². The van der Waals surface area contributed by atoms with Crippen LogP contribution in [0.5, 0.6) is 11.5 Å². The molecule has 4 heteroatoms. The molecule has 2 rings (SSSR count). The van der Waals surface area contributed by atoms with Crippen LogP contribution in [0.1, 0.15) is 24.1 Å². The van der Waals surface area contributed by atoms with Crippen LogP contribution in [0.2, 0.25) is 5.02 Å². The number of hydrogen-bond donors (Lipinski definition) is 1. The molecule has 0 aromatic heterocycles. The Morgan fingerprint density at radius 1 is 1.10 bits per heavy atom. The van der Waals surface area contributed by atoms with Crippen LogP contribution in [-0.2, 0) is 6.54 Å². The zero-order chi connectivity index (χ0) is 15.2. The Bertz CT molecular complexity index is 587. The van der Waals surface area contributed by atoms with Crippen molar-refractivity contribution in [3.05, 3.63) is 58.6 Å². The lowest BCUT2D eigenvalue weighted by molar-refractivity contribution is -0.707. The topological polar surface area (TPSA) is 35.1 Å². The summed E-state index contributed by atoms with van der Waals surface area (Å²) in [6.07, 6.45) is 0. The number of ether oxygens (including phenoxy) is 2. The molecule has 0 fully saturated rings. The molecule has 0 heterocycles. The third kappa shape index (κ3) is 3.90. The molecule has 2 aromatic rings. The van der Waals surface area contributed by atoms with Gasteiger partial charge in [-0.05, 0) is 19.1 Å². The summed E-state index contributed by atoms with van der Waals surface area (Å²) in [5.41, 5.74) is 2.42. The molecule has 0 unspecified atom stereocenters. The van der Waals surface area contributed by atoms with Crippen molar-refractivity contribution in [3.8, 4) is 11.5 Å². The van der Waals surface area contributed by atoms with Crippen LogP contribution in [0.3, 0.4) is 0 Å². The molecule has 3 nitrogen and oxygen atoms in total. The predicted octanol–water partition coefficient (Wildman–Crippen LogP) is 3.18. The fourth-order valence-electron chi connectivity index (χ4n) is 2.29. The maximum atomic E-state index is 6.23. The van der Waals surface area contributed by atoms with Gasteiger partial charge in [-0.15, -0.1) is 0 Å². The molecule has 0 spiro atoms. The molecule has 2 N–H and O–H groups in total. The van der Waals surface area contributed by atoms with Crippen LogP contribution in [0.15, 0.2) is 42.5 Å². The van der Waals surface area contributed by atoms with Gasteiger partial charge in [0.25, 0.3) is 0 Å². The first-order valence-corrected chi connectivity index (χ1v) is 7.32. The highest BCUT2D eigenvalue weighted by atomic mass is 35.5. The van der Waals surface area contributed by atoms with Crippen LogP contribution in [0.25, 0.3) is 0 Å². The van der Waals surface area contributed by atoms with E-state index in [0.717, 1.165) is 12.1 Å². The zero-order valence-corrected chi connectivity index (χ0v) is 13.4. The van der Waals surface area contributed by atoms with Gasteiger partial charge in [0.15, 0.2) is 11.5 Å². The number of quaternary nitrogens is 1. The van der Waals surface area contributed by atoms with E-state index in [2.05, 4.69) is 36.5 Å². The lowest BCUT2D eigenvalue weighted by Gasteiger charge is -2.14. The van der Waals surface area contributed by atoms with E-state index in [1.165, 1.54) is 5.56 Å². The third-order valence-electron chi connectivity index (χ3n) is 3.53. The third-order valence-corrected chi connectivity index (χ3v) is 3.81. The molecule has 0 aliphatic heterocycles. The second kappa shape index (κ2) is 7.34. The normalized spacial score (nSPS) is 12.0. The SMILES string of the molecule is COc1cc(C[NH2+][C@@H](C)c2ccccc2)cc(Cl)c1OC. The van der Waals surface area contributed by atoms with Crippen LogP contribution in [0, 0.1) is 0 Å². The summed E-state index contributed by atoms with van der Waals surface area (Å²) >= 11 is 6.23. The molecule has 0 saturated carbocycles. The minimum Gasteiger partial charge on any atom is -0.493 e. The average molecular weight is 307 g/mol. The van der Waals surface area contributed by atoms with Crippen molar-refractivity contribution in [3.63, 3.8) is 0 Å². The first-order valence-electron chi connectivity index (χ1n) is 6.94. The van der Waals surface area contributed by atoms with Crippen molar-refractivity contribution in [1.29, 1.82) is 0 Å². The van der Waals surface area contributed by atoms with E-state index >= 15 is 0 Å². The van der Waals surface area contributed by atoms with Crippen molar-refractivity contribution < 1.29 is 14.8 Å². The van der Waals surface area contributed by atoms with E-state index in [4.69, 9.17) is 21.1 Å². The summed E-state index contributed by atoms with van der Waals surface area (Å²) in [7, 11) is 3.21. The van der Waals surface area contributed by atoms with Crippen LogP contribution < -0.4 is 14.8 Å². The summed E-state index contributed by atoms with van der Waals surface area (Å²) in [6, 6.07) is 14.7. The molecule has 0 saturated heterocycles. The van der Waals surface area contributed by atoms with Gasteiger partial charge in [0.05, 0.1) is 19.2 Å². The van der Waals surface area contributed by atoms with E-state index in [9.17, 15) is 0 Å². The van der Waals surface area contributed by atoms with E-state index in [0.29, 0.717) is 22.6 Å². The quantitative estimate of drug-likeness (QED) is 0.889. The maximum Gasteiger partial charge on any atom is 0.179 e. The average Bonchev–Trinajstić information content (AvgIpc) is 2.52. The van der Waals surface area contributed by atoms with Crippen molar-refractivity contribution in [1.82, 2.24) is 0 Å². The van der Waals surface area contributed by atoms with E-state index < -0.39 is 0 Å². The first-order chi connectivity index (χ1) is 10.2. The first kappa shape index (κ1) is 15.7. The summed E-state index contributed by atoms with van der Waals surface area (Å²) in [6.45, 7) is 3.02. The van der Waals surface area contributed by atoms with E-state index in [1.54, 1.807) is 14.2 Å². The van der Waals surface area contributed by atoms with E-state index in [-0.39, 0.29) is 0 Å². The fourth-order valence-corrected chi connectivity index (χ4v) is 2.61. The predicted molar refractivity (Wildman–Crippen MR) is 85.0 cm³/mol. The fraction of sp³-hybridized carbons (Fsp3) is 0.294. The van der Waals surface area contributed by atoms with Crippen molar-refractivity contribution in [2.75, 3.05) is 14.2 Å². The molecule has 112 valence electrons. The number of rotatable bonds is 6. The number of benzene rings is 2. The minimum absolute atomic E-state index is 0.387. The van der Waals surface area contributed by atoms with Crippen molar-refractivity contribution in [2.45, 2.75) is 19.5 Å². The Hall–Kier alpha value is -1.71. The number of methoxy groups -OCH3 is 2. The number of halogens is 1. The molecule has 1 atom stereocenters. The standard InChI is InChI=1S/C17H20ClNO2/c1-12(14-7-5-4-6-8-14)19-11-13-9-15(18)17(21-3)16(10-13)20-2/h4-10,12,19H,11H2,1-3H3/p+1/t12-/m0/s1. The van der Waals surface area contributed by atoms with Crippen LogP contribution in [-0.4, -0.2) is 14.2 Å². The van der Waals surface area contributed by atoms with Gasteiger partial charge >= 0.3 is 0 Å². The maximum absolute atomic E-state index is 6.23.